The van der Waals surface area contributed by atoms with E-state index in [9.17, 15) is 0 Å². The van der Waals surface area contributed by atoms with E-state index in [1.165, 1.54) is 0 Å². The first-order chi connectivity index (χ1) is 10.2. The molecule has 3 unspecified atom stereocenters. The lowest BCUT2D eigenvalue weighted by Crippen LogP contribution is -2.31. The third-order valence-electron chi connectivity index (χ3n) is 4.16. The van der Waals surface area contributed by atoms with Crippen LogP contribution in [0.1, 0.15) is 11.8 Å². The van der Waals surface area contributed by atoms with Crippen LogP contribution in [0.25, 0.3) is 11.0 Å². The summed E-state index contributed by atoms with van der Waals surface area (Å²) in [6.45, 7) is 2.41. The van der Waals surface area contributed by atoms with Crippen LogP contribution in [0.5, 0.6) is 0 Å². The van der Waals surface area contributed by atoms with Gasteiger partial charge < -0.3 is 19.6 Å². The molecule has 1 aliphatic rings. The molecule has 1 aromatic carbocycles. The van der Waals surface area contributed by atoms with Crippen LogP contribution in [-0.2, 0) is 9.47 Å². The third kappa shape index (κ3) is 2.96. The van der Waals surface area contributed by atoms with Crippen molar-refractivity contribution in [2.75, 3.05) is 33.9 Å². The predicted octanol–water partition coefficient (Wildman–Crippen LogP) is 1.78. The van der Waals surface area contributed by atoms with Crippen molar-refractivity contribution < 1.29 is 13.9 Å². The highest BCUT2D eigenvalue weighted by Crippen LogP contribution is 2.24. The summed E-state index contributed by atoms with van der Waals surface area (Å²) < 4.78 is 16.7. The van der Waals surface area contributed by atoms with Gasteiger partial charge in [-0.15, -0.1) is 0 Å². The largest absolute Gasteiger partial charge is 0.459 e. The fourth-order valence-corrected chi connectivity index (χ4v) is 2.97. The minimum Gasteiger partial charge on any atom is -0.459 e. The standard InChI is InChI=1S/C16H22N2O3/c1-19-15-9-18(10-16(15)20-2)8-12(17)14-7-11-5-3-4-6-13(11)21-14/h3-7,12,15-16H,8-10,17H2,1-2H3. The van der Waals surface area contributed by atoms with Crippen LogP contribution in [0, 0.1) is 0 Å². The number of hydrogen-bond donors (Lipinski definition) is 1. The van der Waals surface area contributed by atoms with Crippen molar-refractivity contribution in [3.8, 4) is 0 Å². The Kier molecular flexibility index (Phi) is 4.26. The van der Waals surface area contributed by atoms with Gasteiger partial charge in [-0.1, -0.05) is 18.2 Å². The predicted molar refractivity (Wildman–Crippen MR) is 81.2 cm³/mol. The monoisotopic (exact) mass is 290 g/mol. The van der Waals surface area contributed by atoms with Gasteiger partial charge in [0.2, 0.25) is 0 Å². The van der Waals surface area contributed by atoms with Crippen LogP contribution in [0.15, 0.2) is 34.7 Å². The Bertz CT molecular complexity index is 553. The van der Waals surface area contributed by atoms with Gasteiger partial charge in [0.15, 0.2) is 0 Å². The second-order valence-corrected chi connectivity index (χ2v) is 5.56. The number of nitrogens with two attached hydrogens (primary N) is 1. The van der Waals surface area contributed by atoms with Crippen molar-refractivity contribution in [1.29, 1.82) is 0 Å². The van der Waals surface area contributed by atoms with E-state index in [2.05, 4.69) is 4.90 Å². The molecule has 1 saturated heterocycles. The van der Waals surface area contributed by atoms with Gasteiger partial charge in [-0.2, -0.15) is 0 Å². The van der Waals surface area contributed by atoms with E-state index in [0.29, 0.717) is 0 Å². The Hall–Kier alpha value is -1.40. The summed E-state index contributed by atoms with van der Waals surface area (Å²) >= 11 is 0. The number of para-hydroxylation sites is 1. The molecule has 2 heterocycles. The summed E-state index contributed by atoms with van der Waals surface area (Å²) in [6, 6.07) is 9.84. The maximum absolute atomic E-state index is 6.30. The fraction of sp³-hybridized carbons (Fsp3) is 0.500. The molecule has 1 aliphatic heterocycles. The highest BCUT2D eigenvalue weighted by molar-refractivity contribution is 5.77. The molecule has 0 amide bonds. The first-order valence-corrected chi connectivity index (χ1v) is 7.23. The summed E-state index contributed by atoms with van der Waals surface area (Å²) in [5, 5.41) is 1.09. The molecule has 2 N–H and O–H groups in total. The molecule has 5 heteroatoms. The number of rotatable bonds is 5. The SMILES string of the molecule is COC1CN(CC(N)c2cc3ccccc3o2)CC1OC. The number of likely N-dealkylation sites (tertiary alicyclic amines) is 1. The zero-order chi connectivity index (χ0) is 14.8. The molecule has 3 atom stereocenters. The van der Waals surface area contributed by atoms with Crippen molar-refractivity contribution in [2.45, 2.75) is 18.2 Å². The van der Waals surface area contributed by atoms with Crippen molar-refractivity contribution in [3.05, 3.63) is 36.1 Å². The average Bonchev–Trinajstić information content (AvgIpc) is 3.09. The smallest absolute Gasteiger partial charge is 0.134 e. The van der Waals surface area contributed by atoms with Crippen molar-refractivity contribution in [1.82, 2.24) is 4.90 Å². The van der Waals surface area contributed by atoms with Crippen LogP contribution in [0.2, 0.25) is 0 Å². The second-order valence-electron chi connectivity index (χ2n) is 5.56. The van der Waals surface area contributed by atoms with E-state index in [4.69, 9.17) is 19.6 Å². The quantitative estimate of drug-likeness (QED) is 0.909. The third-order valence-corrected chi connectivity index (χ3v) is 4.16. The Morgan fingerprint density at radius 1 is 1.24 bits per heavy atom. The zero-order valence-corrected chi connectivity index (χ0v) is 12.5. The van der Waals surface area contributed by atoms with E-state index in [0.717, 1.165) is 36.4 Å². The summed E-state index contributed by atoms with van der Waals surface area (Å²) in [7, 11) is 3.44. The van der Waals surface area contributed by atoms with E-state index in [-0.39, 0.29) is 18.2 Å². The number of furan rings is 1. The minimum atomic E-state index is -0.148. The van der Waals surface area contributed by atoms with Gasteiger partial charge >= 0.3 is 0 Å². The summed E-state index contributed by atoms with van der Waals surface area (Å²) in [6.07, 6.45) is 0.218. The topological polar surface area (TPSA) is 60.9 Å². The normalized spacial score (nSPS) is 24.7. The van der Waals surface area contributed by atoms with E-state index >= 15 is 0 Å². The molecule has 0 aliphatic carbocycles. The Morgan fingerprint density at radius 2 is 1.90 bits per heavy atom. The molecule has 2 aromatic rings. The van der Waals surface area contributed by atoms with Gasteiger partial charge in [0.05, 0.1) is 18.2 Å². The maximum Gasteiger partial charge on any atom is 0.134 e. The van der Waals surface area contributed by atoms with E-state index < -0.39 is 0 Å². The molecule has 0 bridgehead atoms. The molecule has 5 nitrogen and oxygen atoms in total. The molecule has 1 aromatic heterocycles. The molecule has 3 rings (SSSR count). The van der Waals surface area contributed by atoms with Crippen molar-refractivity contribution >= 4 is 11.0 Å². The molecular formula is C16H22N2O3. The first-order valence-electron chi connectivity index (χ1n) is 7.23. The highest BCUT2D eigenvalue weighted by atomic mass is 16.5. The van der Waals surface area contributed by atoms with Crippen LogP contribution in [0.3, 0.4) is 0 Å². The Labute approximate surface area is 124 Å². The Morgan fingerprint density at radius 3 is 2.52 bits per heavy atom. The second kappa shape index (κ2) is 6.15. The van der Waals surface area contributed by atoms with Gasteiger partial charge in [-0.3, -0.25) is 4.90 Å². The lowest BCUT2D eigenvalue weighted by Gasteiger charge is -2.18. The van der Waals surface area contributed by atoms with Gasteiger partial charge in [0.25, 0.3) is 0 Å². The fourth-order valence-electron chi connectivity index (χ4n) is 2.97. The molecule has 0 saturated carbocycles. The number of benzene rings is 1. The maximum atomic E-state index is 6.30. The Balaban J connectivity index is 1.67. The van der Waals surface area contributed by atoms with E-state index in [1.807, 2.05) is 30.3 Å². The van der Waals surface area contributed by atoms with Crippen LogP contribution in [0.4, 0.5) is 0 Å². The number of nitrogens with zero attached hydrogens (tertiary/aromatic N) is 1. The summed E-state index contributed by atoms with van der Waals surface area (Å²) in [5.41, 5.74) is 7.18. The summed E-state index contributed by atoms with van der Waals surface area (Å²) in [4.78, 5) is 2.26. The minimum absolute atomic E-state index is 0.109. The lowest BCUT2D eigenvalue weighted by atomic mass is 10.2. The molecule has 21 heavy (non-hydrogen) atoms. The number of hydrogen-bond acceptors (Lipinski definition) is 5. The number of fused-ring (bicyclic) bond motifs is 1. The first kappa shape index (κ1) is 14.5. The lowest BCUT2D eigenvalue weighted by molar-refractivity contribution is -0.00461. The van der Waals surface area contributed by atoms with Crippen molar-refractivity contribution in [3.63, 3.8) is 0 Å². The van der Waals surface area contributed by atoms with Crippen LogP contribution in [-0.4, -0.2) is 51.0 Å². The van der Waals surface area contributed by atoms with Gasteiger partial charge in [-0.05, 0) is 12.1 Å². The number of ether oxygens (including phenoxy) is 2. The van der Waals surface area contributed by atoms with E-state index in [1.54, 1.807) is 14.2 Å². The van der Waals surface area contributed by atoms with Gasteiger partial charge in [0.1, 0.15) is 11.3 Å². The number of methoxy groups -OCH3 is 2. The average molecular weight is 290 g/mol. The molecule has 114 valence electrons. The molecular weight excluding hydrogens is 268 g/mol. The van der Waals surface area contributed by atoms with Gasteiger partial charge in [-0.25, -0.2) is 0 Å². The molecule has 0 radical (unpaired) electrons. The highest BCUT2D eigenvalue weighted by Gasteiger charge is 2.33. The van der Waals surface area contributed by atoms with Crippen molar-refractivity contribution in [2.24, 2.45) is 5.73 Å². The van der Waals surface area contributed by atoms with Gasteiger partial charge in [0, 0.05) is 39.2 Å². The summed E-state index contributed by atoms with van der Waals surface area (Å²) in [5.74, 6) is 0.825. The van der Waals surface area contributed by atoms with Crippen LogP contribution < -0.4 is 5.73 Å². The molecule has 1 fully saturated rings. The van der Waals surface area contributed by atoms with Crippen LogP contribution >= 0.6 is 0 Å². The zero-order valence-electron chi connectivity index (χ0n) is 12.5. The molecule has 0 spiro atoms.